The van der Waals surface area contributed by atoms with Gasteiger partial charge in [-0.05, 0) is 30.7 Å². The van der Waals surface area contributed by atoms with Gasteiger partial charge in [0.2, 0.25) is 0 Å². The molecular weight excluding hydrogens is 368 g/mol. The van der Waals surface area contributed by atoms with Crippen LogP contribution in [0.3, 0.4) is 0 Å². The molecule has 1 aliphatic rings. The van der Waals surface area contributed by atoms with Crippen LogP contribution in [0.5, 0.6) is 0 Å². The summed E-state index contributed by atoms with van der Waals surface area (Å²) in [6, 6.07) is 9.67. The number of aryl methyl sites for hydroxylation is 1. The molecule has 29 heavy (non-hydrogen) atoms. The molecule has 0 aliphatic carbocycles. The normalized spacial score (nSPS) is 16.7. The highest BCUT2D eigenvalue weighted by molar-refractivity contribution is 6.02. The molecule has 1 unspecified atom stereocenters. The van der Waals surface area contributed by atoms with Crippen LogP contribution in [-0.2, 0) is 21.4 Å². The second-order valence-electron chi connectivity index (χ2n) is 7.12. The first-order chi connectivity index (χ1) is 13.8. The van der Waals surface area contributed by atoms with Crippen LogP contribution in [0.25, 0.3) is 10.9 Å². The maximum Gasteiger partial charge on any atom is 0.330 e. The lowest BCUT2D eigenvalue weighted by molar-refractivity contribution is -0.134. The Kier molecular flexibility index (Phi) is 5.82. The fourth-order valence-corrected chi connectivity index (χ4v) is 3.65. The van der Waals surface area contributed by atoms with E-state index in [2.05, 4.69) is 4.74 Å². The number of methoxy groups -OCH3 is 1. The van der Waals surface area contributed by atoms with Crippen molar-refractivity contribution >= 4 is 28.4 Å². The summed E-state index contributed by atoms with van der Waals surface area (Å²) in [6.07, 6.45) is 6.58. The Hall–Kier alpha value is -3.41. The first-order valence-corrected chi connectivity index (χ1v) is 9.31. The van der Waals surface area contributed by atoms with Crippen LogP contribution in [0.4, 0.5) is 0 Å². The number of para-hydroxylation sites is 1. The van der Waals surface area contributed by atoms with E-state index in [1.165, 1.54) is 20.1 Å². The molecule has 6 heteroatoms. The van der Waals surface area contributed by atoms with Crippen LogP contribution >= 0.6 is 0 Å². The summed E-state index contributed by atoms with van der Waals surface area (Å²) in [7, 11) is 4.97. The molecule has 1 atom stereocenters. The smallest absolute Gasteiger partial charge is 0.330 e. The number of rotatable bonds is 6. The van der Waals surface area contributed by atoms with Gasteiger partial charge >= 0.3 is 5.97 Å². The molecule has 0 spiro atoms. The molecule has 1 aromatic carbocycles. The number of ketones is 2. The van der Waals surface area contributed by atoms with E-state index in [0.29, 0.717) is 16.8 Å². The van der Waals surface area contributed by atoms with Crippen LogP contribution in [0.15, 0.2) is 66.0 Å². The number of aromatic nitrogens is 1. The molecular formula is C23H24N2O4. The van der Waals surface area contributed by atoms with Gasteiger partial charge in [-0.1, -0.05) is 18.2 Å². The van der Waals surface area contributed by atoms with Gasteiger partial charge in [0.05, 0.1) is 12.8 Å². The molecule has 6 nitrogen and oxygen atoms in total. The van der Waals surface area contributed by atoms with E-state index in [0.717, 1.165) is 10.9 Å². The molecule has 1 aliphatic heterocycles. The molecule has 0 bridgehead atoms. The number of hydrogen-bond acceptors (Lipinski definition) is 5. The predicted octanol–water partition coefficient (Wildman–Crippen LogP) is 3.40. The van der Waals surface area contributed by atoms with Crippen molar-refractivity contribution in [2.75, 3.05) is 14.2 Å². The number of carbonyl (C=O) groups is 3. The number of esters is 1. The maximum absolute atomic E-state index is 13.2. The van der Waals surface area contributed by atoms with Crippen molar-refractivity contribution < 1.29 is 19.1 Å². The van der Waals surface area contributed by atoms with Crippen LogP contribution < -0.4 is 0 Å². The summed E-state index contributed by atoms with van der Waals surface area (Å²) in [4.78, 5) is 38.7. The largest absolute Gasteiger partial charge is 0.466 e. The number of fused-ring (bicyclic) bond motifs is 1. The Labute approximate surface area is 169 Å². The average Bonchev–Trinajstić information content (AvgIpc) is 3.04. The second-order valence-corrected chi connectivity index (χ2v) is 7.12. The van der Waals surface area contributed by atoms with E-state index < -0.39 is 11.9 Å². The minimum Gasteiger partial charge on any atom is -0.466 e. The summed E-state index contributed by atoms with van der Waals surface area (Å²) in [6.45, 7) is 1.49. The number of Topliss-reactive ketones (excluding diaryl/α,β-unsaturated/α-hetero) is 2. The van der Waals surface area contributed by atoms with Crippen molar-refractivity contribution in [3.63, 3.8) is 0 Å². The third kappa shape index (κ3) is 4.21. The highest BCUT2D eigenvalue weighted by Crippen LogP contribution is 2.32. The second kappa shape index (κ2) is 8.31. The van der Waals surface area contributed by atoms with Gasteiger partial charge in [-0.15, -0.1) is 0 Å². The molecule has 0 radical (unpaired) electrons. The van der Waals surface area contributed by atoms with E-state index in [1.54, 1.807) is 24.2 Å². The summed E-state index contributed by atoms with van der Waals surface area (Å²) in [5, 5.41) is 0.991. The molecule has 1 aromatic heterocycles. The third-order valence-corrected chi connectivity index (χ3v) is 5.12. The number of carbonyl (C=O) groups excluding carboxylic acids is 3. The number of nitrogens with zero attached hydrogens (tertiary/aromatic N) is 2. The zero-order valence-electron chi connectivity index (χ0n) is 17.0. The molecule has 2 aromatic rings. The molecule has 0 saturated carbocycles. The Balaban J connectivity index is 1.96. The van der Waals surface area contributed by atoms with Gasteiger partial charge in [0.25, 0.3) is 0 Å². The van der Waals surface area contributed by atoms with Crippen molar-refractivity contribution in [1.29, 1.82) is 0 Å². The van der Waals surface area contributed by atoms with Gasteiger partial charge in [0.15, 0.2) is 11.6 Å². The Bertz CT molecular complexity index is 1070. The Morgan fingerprint density at radius 1 is 1.14 bits per heavy atom. The Morgan fingerprint density at radius 2 is 1.86 bits per heavy atom. The molecule has 0 saturated heterocycles. The van der Waals surface area contributed by atoms with E-state index >= 15 is 0 Å². The molecule has 0 amide bonds. The number of ether oxygens (including phenoxy) is 1. The standard InChI is InChI=1S/C23H24N2O4/c1-15(26)19-14-24(2)13-17(9-10-23(28)29-4)18(19)12-22(27)21-11-16-7-5-6-8-20(16)25(21)3/h5-11,13-14,18H,12H2,1-4H3/b10-9+. The van der Waals surface area contributed by atoms with Crippen molar-refractivity contribution in [2.45, 2.75) is 13.3 Å². The first-order valence-electron chi connectivity index (χ1n) is 9.31. The highest BCUT2D eigenvalue weighted by Gasteiger charge is 2.29. The SMILES string of the molecule is COC(=O)/C=C/C1=CN(C)C=C(C(C)=O)C1CC(=O)c1cc2ccccc2n1C. The van der Waals surface area contributed by atoms with Crippen LogP contribution in [0.2, 0.25) is 0 Å². The molecule has 150 valence electrons. The van der Waals surface area contributed by atoms with Crippen LogP contribution in [-0.4, -0.2) is 41.2 Å². The van der Waals surface area contributed by atoms with Crippen LogP contribution in [0, 0.1) is 5.92 Å². The lowest BCUT2D eigenvalue weighted by Crippen LogP contribution is -2.25. The van der Waals surface area contributed by atoms with Gasteiger partial charge in [-0.3, -0.25) is 9.59 Å². The topological polar surface area (TPSA) is 68.6 Å². The third-order valence-electron chi connectivity index (χ3n) is 5.12. The van der Waals surface area contributed by atoms with Crippen molar-refractivity contribution in [3.8, 4) is 0 Å². The summed E-state index contributed by atoms with van der Waals surface area (Å²) in [5.74, 6) is -1.10. The number of allylic oxidation sites excluding steroid dienone is 3. The maximum atomic E-state index is 13.2. The molecule has 0 N–H and O–H groups in total. The summed E-state index contributed by atoms with van der Waals surface area (Å²) >= 11 is 0. The lowest BCUT2D eigenvalue weighted by Gasteiger charge is -2.27. The lowest BCUT2D eigenvalue weighted by atomic mass is 9.83. The summed E-state index contributed by atoms with van der Waals surface area (Å²) < 4.78 is 6.53. The van der Waals surface area contributed by atoms with Gasteiger partial charge in [-0.2, -0.15) is 0 Å². The molecule has 0 fully saturated rings. The van der Waals surface area contributed by atoms with E-state index in [1.807, 2.05) is 48.1 Å². The zero-order chi connectivity index (χ0) is 21.1. The van der Waals surface area contributed by atoms with Gasteiger partial charge in [0.1, 0.15) is 0 Å². The van der Waals surface area contributed by atoms with Gasteiger partial charge in [-0.25, -0.2) is 4.79 Å². The number of benzene rings is 1. The average molecular weight is 392 g/mol. The fourth-order valence-electron chi connectivity index (χ4n) is 3.65. The zero-order valence-corrected chi connectivity index (χ0v) is 17.0. The van der Waals surface area contributed by atoms with E-state index in [-0.39, 0.29) is 18.0 Å². The molecule has 2 heterocycles. The quantitative estimate of drug-likeness (QED) is 0.428. The highest BCUT2D eigenvalue weighted by atomic mass is 16.5. The predicted molar refractivity (Wildman–Crippen MR) is 111 cm³/mol. The fraction of sp³-hybridized carbons (Fsp3) is 0.261. The van der Waals surface area contributed by atoms with Gasteiger partial charge in [0, 0.05) is 61.4 Å². The summed E-state index contributed by atoms with van der Waals surface area (Å²) in [5.41, 5.74) is 2.80. The Morgan fingerprint density at radius 3 is 2.52 bits per heavy atom. The molecule has 3 rings (SSSR count). The number of hydrogen-bond donors (Lipinski definition) is 0. The van der Waals surface area contributed by atoms with E-state index in [4.69, 9.17) is 0 Å². The van der Waals surface area contributed by atoms with E-state index in [9.17, 15) is 14.4 Å². The minimum atomic E-state index is -0.494. The van der Waals surface area contributed by atoms with Crippen LogP contribution in [0.1, 0.15) is 23.8 Å². The van der Waals surface area contributed by atoms with Crippen molar-refractivity contribution in [3.05, 3.63) is 71.7 Å². The van der Waals surface area contributed by atoms with Gasteiger partial charge < -0.3 is 14.2 Å². The van der Waals surface area contributed by atoms with Crippen molar-refractivity contribution in [2.24, 2.45) is 13.0 Å². The first kappa shape index (κ1) is 20.3. The minimum absolute atomic E-state index is 0.0669. The monoisotopic (exact) mass is 392 g/mol. The van der Waals surface area contributed by atoms with Crippen molar-refractivity contribution in [1.82, 2.24) is 9.47 Å².